The van der Waals surface area contributed by atoms with Crippen molar-refractivity contribution in [3.8, 4) is 0 Å². The van der Waals surface area contributed by atoms with Gasteiger partial charge in [-0.3, -0.25) is 9.59 Å². The molecule has 1 saturated heterocycles. The van der Waals surface area contributed by atoms with Crippen molar-refractivity contribution in [3.05, 3.63) is 0 Å². The summed E-state index contributed by atoms with van der Waals surface area (Å²) >= 11 is 0. The number of hydrogen-bond donors (Lipinski definition) is 3. The molecule has 3 atom stereocenters. The van der Waals surface area contributed by atoms with Gasteiger partial charge in [-0.2, -0.15) is 0 Å². The number of nitrogens with zero attached hydrogens (tertiary/aromatic N) is 1. The van der Waals surface area contributed by atoms with E-state index in [1.807, 2.05) is 4.90 Å². The van der Waals surface area contributed by atoms with Crippen LogP contribution in [0.4, 0.5) is 0 Å². The van der Waals surface area contributed by atoms with Crippen LogP contribution < -0.4 is 10.6 Å². The number of aliphatic hydroxyl groups is 1. The Hall–Kier alpha value is -1.14. The van der Waals surface area contributed by atoms with Gasteiger partial charge in [-0.15, -0.1) is 0 Å². The smallest absolute Gasteiger partial charge is 0.245 e. The Labute approximate surface area is 139 Å². The fourth-order valence-electron chi connectivity index (χ4n) is 4.14. The van der Waals surface area contributed by atoms with E-state index >= 15 is 0 Å². The third kappa shape index (κ3) is 3.69. The molecule has 1 heterocycles. The second kappa shape index (κ2) is 7.62. The van der Waals surface area contributed by atoms with Crippen molar-refractivity contribution < 1.29 is 14.7 Å². The zero-order valence-electron chi connectivity index (χ0n) is 14.6. The molecule has 1 aliphatic heterocycles. The van der Waals surface area contributed by atoms with Crippen molar-refractivity contribution in [1.82, 2.24) is 15.5 Å². The molecule has 0 aromatic carbocycles. The summed E-state index contributed by atoms with van der Waals surface area (Å²) in [6, 6.07) is -0.777. The monoisotopic (exact) mass is 325 g/mol. The van der Waals surface area contributed by atoms with Crippen molar-refractivity contribution in [2.24, 2.45) is 5.41 Å². The van der Waals surface area contributed by atoms with Crippen LogP contribution in [-0.2, 0) is 9.59 Å². The lowest BCUT2D eigenvalue weighted by Crippen LogP contribution is -2.54. The molecule has 0 aromatic rings. The van der Waals surface area contributed by atoms with Crippen molar-refractivity contribution in [2.75, 3.05) is 20.2 Å². The second-order valence-corrected chi connectivity index (χ2v) is 7.11. The summed E-state index contributed by atoms with van der Waals surface area (Å²) in [5, 5.41) is 14.9. The molecule has 0 bridgehead atoms. The summed E-state index contributed by atoms with van der Waals surface area (Å²) in [7, 11) is 1.71. The van der Waals surface area contributed by atoms with E-state index < -0.39 is 6.04 Å². The normalized spacial score (nSPS) is 25.6. The van der Waals surface area contributed by atoms with E-state index in [-0.39, 0.29) is 42.3 Å². The van der Waals surface area contributed by atoms with E-state index in [4.69, 9.17) is 0 Å². The van der Waals surface area contributed by atoms with Crippen molar-refractivity contribution in [2.45, 2.75) is 70.5 Å². The fourth-order valence-corrected chi connectivity index (χ4v) is 4.14. The van der Waals surface area contributed by atoms with Gasteiger partial charge < -0.3 is 20.6 Å². The molecule has 1 spiro atoms. The Kier molecular flexibility index (Phi) is 6.03. The van der Waals surface area contributed by atoms with E-state index in [1.165, 1.54) is 25.7 Å². The number of aliphatic hydroxyl groups excluding tert-OH is 1. The number of likely N-dealkylation sites (tertiary alicyclic amines) is 1. The summed E-state index contributed by atoms with van der Waals surface area (Å²) in [6.07, 6.45) is 6.23. The summed E-state index contributed by atoms with van der Waals surface area (Å²) in [5.74, 6) is -0.256. The van der Waals surface area contributed by atoms with E-state index in [9.17, 15) is 14.7 Å². The van der Waals surface area contributed by atoms with Crippen LogP contribution in [0.3, 0.4) is 0 Å². The number of amides is 2. The van der Waals surface area contributed by atoms with Gasteiger partial charge in [0, 0.05) is 19.2 Å². The molecule has 0 radical (unpaired) electrons. The molecular weight excluding hydrogens is 294 g/mol. The third-order valence-corrected chi connectivity index (χ3v) is 5.95. The topological polar surface area (TPSA) is 81.7 Å². The Morgan fingerprint density at radius 1 is 1.30 bits per heavy atom. The highest BCUT2D eigenvalue weighted by molar-refractivity contribution is 5.90. The van der Waals surface area contributed by atoms with E-state index in [2.05, 4.69) is 17.6 Å². The first-order chi connectivity index (χ1) is 10.9. The van der Waals surface area contributed by atoms with Gasteiger partial charge in [0.25, 0.3) is 0 Å². The van der Waals surface area contributed by atoms with Crippen LogP contribution in [0.1, 0.15) is 52.4 Å². The van der Waals surface area contributed by atoms with Crippen LogP contribution in [0.25, 0.3) is 0 Å². The van der Waals surface area contributed by atoms with Crippen LogP contribution in [0, 0.1) is 5.41 Å². The Morgan fingerprint density at radius 3 is 2.52 bits per heavy atom. The minimum absolute atomic E-state index is 0.0491. The first-order valence-electron chi connectivity index (χ1n) is 8.84. The molecule has 2 amide bonds. The number of carbonyl (C=O) groups excluding carboxylic acids is 2. The lowest BCUT2D eigenvalue weighted by atomic mass is 9.79. The van der Waals surface area contributed by atoms with Gasteiger partial charge in [-0.25, -0.2) is 0 Å². The number of nitrogens with one attached hydrogen (secondary N) is 2. The average molecular weight is 325 g/mol. The highest BCUT2D eigenvalue weighted by atomic mass is 16.3. The second-order valence-electron chi connectivity index (χ2n) is 7.11. The molecule has 3 N–H and O–H groups in total. The zero-order chi connectivity index (χ0) is 17.0. The summed E-state index contributed by atoms with van der Waals surface area (Å²) in [6.45, 7) is 4.55. The molecule has 2 rings (SSSR count). The minimum Gasteiger partial charge on any atom is -0.396 e. The van der Waals surface area contributed by atoms with Gasteiger partial charge in [0.05, 0.1) is 6.04 Å². The highest BCUT2D eigenvalue weighted by Crippen LogP contribution is 2.49. The largest absolute Gasteiger partial charge is 0.396 e. The van der Waals surface area contributed by atoms with Crippen LogP contribution in [0.2, 0.25) is 0 Å². The van der Waals surface area contributed by atoms with Gasteiger partial charge in [0.2, 0.25) is 11.8 Å². The standard InChI is InChI=1S/C17H31N3O3/c1-12(18-3)15(22)19-14(6-11-21)16(23)20-10-9-17(13(20)2)7-4-5-8-17/h12-14,18,21H,4-11H2,1-3H3,(H,19,22)/t12-,13+,14?/m0/s1. The molecule has 23 heavy (non-hydrogen) atoms. The molecule has 6 nitrogen and oxygen atoms in total. The van der Waals surface area contributed by atoms with Gasteiger partial charge in [-0.05, 0) is 52.0 Å². The first-order valence-corrected chi connectivity index (χ1v) is 8.84. The van der Waals surface area contributed by atoms with Crippen LogP contribution in [0.5, 0.6) is 0 Å². The Morgan fingerprint density at radius 2 is 1.96 bits per heavy atom. The number of hydrogen-bond acceptors (Lipinski definition) is 4. The van der Waals surface area contributed by atoms with E-state index in [0.717, 1.165) is 13.0 Å². The molecule has 1 saturated carbocycles. The Bertz CT molecular complexity index is 435. The molecule has 132 valence electrons. The molecule has 2 aliphatic rings. The molecule has 1 unspecified atom stereocenters. The summed E-state index contributed by atoms with van der Waals surface area (Å²) in [4.78, 5) is 26.9. The van der Waals surface area contributed by atoms with Crippen molar-refractivity contribution >= 4 is 11.8 Å². The predicted octanol–water partition coefficient (Wildman–Crippen LogP) is 0.643. The van der Waals surface area contributed by atoms with Gasteiger partial charge in [0.15, 0.2) is 0 Å². The summed E-state index contributed by atoms with van der Waals surface area (Å²) < 4.78 is 0. The Balaban J connectivity index is 2.04. The van der Waals surface area contributed by atoms with Crippen LogP contribution in [0.15, 0.2) is 0 Å². The number of likely N-dealkylation sites (N-methyl/N-ethyl adjacent to an activating group) is 1. The van der Waals surface area contributed by atoms with Crippen molar-refractivity contribution in [3.63, 3.8) is 0 Å². The zero-order valence-corrected chi connectivity index (χ0v) is 14.6. The maximum absolute atomic E-state index is 12.9. The molecule has 0 aromatic heterocycles. The van der Waals surface area contributed by atoms with Crippen LogP contribution >= 0.6 is 0 Å². The molecular formula is C17H31N3O3. The average Bonchev–Trinajstić information content (AvgIpc) is 3.14. The first kappa shape index (κ1) is 18.2. The van der Waals surface area contributed by atoms with Gasteiger partial charge in [-0.1, -0.05) is 12.8 Å². The van der Waals surface area contributed by atoms with Crippen molar-refractivity contribution in [1.29, 1.82) is 0 Å². The maximum atomic E-state index is 12.9. The molecule has 6 heteroatoms. The molecule has 2 fully saturated rings. The minimum atomic E-state index is -0.637. The van der Waals surface area contributed by atoms with E-state index in [0.29, 0.717) is 0 Å². The molecule has 1 aliphatic carbocycles. The third-order valence-electron chi connectivity index (χ3n) is 5.95. The van der Waals surface area contributed by atoms with Crippen LogP contribution in [-0.4, -0.2) is 60.1 Å². The van der Waals surface area contributed by atoms with Gasteiger partial charge in [0.1, 0.15) is 6.04 Å². The number of rotatable bonds is 6. The van der Waals surface area contributed by atoms with Gasteiger partial charge >= 0.3 is 0 Å². The highest BCUT2D eigenvalue weighted by Gasteiger charge is 2.48. The predicted molar refractivity (Wildman–Crippen MR) is 88.8 cm³/mol. The maximum Gasteiger partial charge on any atom is 0.245 e. The lowest BCUT2D eigenvalue weighted by molar-refractivity contribution is -0.138. The quantitative estimate of drug-likeness (QED) is 0.669. The lowest BCUT2D eigenvalue weighted by Gasteiger charge is -2.34. The number of carbonyl (C=O) groups is 2. The summed E-state index contributed by atoms with van der Waals surface area (Å²) in [5.41, 5.74) is 0.279. The fraction of sp³-hybridized carbons (Fsp3) is 0.882. The SMILES string of the molecule is CN[C@@H](C)C(=O)NC(CCO)C(=O)N1CCC2(CCCC2)[C@H]1C. The van der Waals surface area contributed by atoms with E-state index in [1.54, 1.807) is 14.0 Å².